The third kappa shape index (κ3) is 4.64. The Morgan fingerprint density at radius 3 is 2.35 bits per heavy atom. The van der Waals surface area contributed by atoms with Gasteiger partial charge < -0.3 is 4.74 Å². The lowest BCUT2D eigenvalue weighted by Crippen LogP contribution is -2.31. The van der Waals surface area contributed by atoms with E-state index < -0.39 is 21.8 Å². The van der Waals surface area contributed by atoms with E-state index in [9.17, 15) is 21.6 Å². The lowest BCUT2D eigenvalue weighted by molar-refractivity contribution is -0.137. The molecule has 0 radical (unpaired) electrons. The molecule has 2 aromatic rings. The first-order valence-corrected chi connectivity index (χ1v) is 9.03. The van der Waals surface area contributed by atoms with E-state index >= 15 is 0 Å². The van der Waals surface area contributed by atoms with Gasteiger partial charge in [0.15, 0.2) is 0 Å². The van der Waals surface area contributed by atoms with Crippen LogP contribution in [0.5, 0.6) is 5.75 Å². The number of nitrogens with zero attached hydrogens (tertiary/aromatic N) is 1. The molecule has 0 spiro atoms. The molecule has 0 aliphatic carbocycles. The topological polar surface area (TPSA) is 46.6 Å². The lowest BCUT2D eigenvalue weighted by Gasteiger charge is -2.21. The molecule has 0 N–H and O–H groups in total. The van der Waals surface area contributed by atoms with Crippen molar-refractivity contribution in [2.75, 3.05) is 13.7 Å². The first-order valence-electron chi connectivity index (χ1n) is 7.59. The molecule has 0 aromatic heterocycles. The van der Waals surface area contributed by atoms with Gasteiger partial charge in [-0.25, -0.2) is 8.42 Å². The van der Waals surface area contributed by atoms with Crippen molar-refractivity contribution in [2.24, 2.45) is 0 Å². The molecular weight excluding hydrogens is 367 g/mol. The predicted molar refractivity (Wildman–Crippen MR) is 92.2 cm³/mol. The van der Waals surface area contributed by atoms with Crippen LogP contribution in [0.25, 0.3) is 0 Å². The summed E-state index contributed by atoms with van der Waals surface area (Å²) in [5.41, 5.74) is -0.589. The average Bonchev–Trinajstić information content (AvgIpc) is 2.61. The van der Waals surface area contributed by atoms with E-state index in [1.54, 1.807) is 0 Å². The Bertz CT molecular complexity index is 862. The fraction of sp³-hybridized carbons (Fsp3) is 0.222. The molecule has 2 aromatic carbocycles. The summed E-state index contributed by atoms with van der Waals surface area (Å²) in [4.78, 5) is 0.0205. The zero-order chi connectivity index (χ0) is 19.4. The highest BCUT2D eigenvalue weighted by Gasteiger charge is 2.31. The number of ether oxygens (including phenoxy) is 1. The number of rotatable bonds is 7. The van der Waals surface area contributed by atoms with Crippen LogP contribution in [0.4, 0.5) is 13.2 Å². The standard InChI is InChI=1S/C18H18F3NO3S/c1-3-11-22(13-14-5-4-6-15(12-14)18(19,20)21)26(23,24)17-9-7-16(25-2)8-10-17/h3-10,12H,1,11,13H2,2H3. The molecule has 0 bridgehead atoms. The Labute approximate surface area is 150 Å². The second kappa shape index (κ2) is 7.92. The molecular formula is C18H18F3NO3S. The third-order valence-corrected chi connectivity index (χ3v) is 5.47. The van der Waals surface area contributed by atoms with Crippen LogP contribution in [-0.2, 0) is 22.7 Å². The van der Waals surface area contributed by atoms with Gasteiger partial charge in [0.25, 0.3) is 0 Å². The molecule has 0 amide bonds. The van der Waals surface area contributed by atoms with Crippen LogP contribution in [0.1, 0.15) is 11.1 Å². The lowest BCUT2D eigenvalue weighted by atomic mass is 10.1. The van der Waals surface area contributed by atoms with Crippen molar-refractivity contribution < 1.29 is 26.3 Å². The van der Waals surface area contributed by atoms with E-state index in [2.05, 4.69) is 6.58 Å². The van der Waals surface area contributed by atoms with Crippen LogP contribution < -0.4 is 4.74 Å². The van der Waals surface area contributed by atoms with Crippen molar-refractivity contribution in [3.8, 4) is 5.75 Å². The minimum atomic E-state index is -4.49. The van der Waals surface area contributed by atoms with Crippen molar-refractivity contribution in [3.63, 3.8) is 0 Å². The van der Waals surface area contributed by atoms with Gasteiger partial charge in [-0.05, 0) is 35.9 Å². The monoisotopic (exact) mass is 385 g/mol. The summed E-state index contributed by atoms with van der Waals surface area (Å²) in [5, 5.41) is 0. The number of hydrogen-bond donors (Lipinski definition) is 0. The molecule has 4 nitrogen and oxygen atoms in total. The minimum Gasteiger partial charge on any atom is -0.497 e. The molecule has 26 heavy (non-hydrogen) atoms. The zero-order valence-corrected chi connectivity index (χ0v) is 14.8. The Kier molecular flexibility index (Phi) is 6.09. The van der Waals surface area contributed by atoms with Gasteiger partial charge >= 0.3 is 6.18 Å². The van der Waals surface area contributed by atoms with Crippen LogP contribution in [-0.4, -0.2) is 26.4 Å². The first-order chi connectivity index (χ1) is 12.2. The summed E-state index contributed by atoms with van der Waals surface area (Å²) >= 11 is 0. The van der Waals surface area contributed by atoms with E-state index in [1.165, 1.54) is 49.6 Å². The SMILES string of the molecule is C=CCN(Cc1cccc(C(F)(F)F)c1)S(=O)(=O)c1ccc(OC)cc1. The summed E-state index contributed by atoms with van der Waals surface area (Å²) in [5.74, 6) is 0.497. The molecule has 0 saturated heterocycles. The van der Waals surface area contributed by atoms with Gasteiger partial charge in [-0.1, -0.05) is 24.3 Å². The van der Waals surface area contributed by atoms with Gasteiger partial charge in [0.1, 0.15) is 5.75 Å². The zero-order valence-electron chi connectivity index (χ0n) is 14.0. The summed E-state index contributed by atoms with van der Waals surface area (Å²) in [6, 6.07) is 10.4. The summed E-state index contributed by atoms with van der Waals surface area (Å²) in [7, 11) is -2.45. The highest BCUT2D eigenvalue weighted by Crippen LogP contribution is 2.30. The van der Waals surface area contributed by atoms with E-state index in [0.29, 0.717) is 5.75 Å². The number of methoxy groups -OCH3 is 1. The maximum absolute atomic E-state index is 12.9. The van der Waals surface area contributed by atoms with Crippen LogP contribution >= 0.6 is 0 Å². The molecule has 2 rings (SSSR count). The van der Waals surface area contributed by atoms with Crippen molar-refractivity contribution in [3.05, 3.63) is 72.3 Å². The predicted octanol–water partition coefficient (Wildman–Crippen LogP) is 4.09. The summed E-state index contributed by atoms with van der Waals surface area (Å²) in [6.45, 7) is 3.29. The van der Waals surface area contributed by atoms with Crippen molar-refractivity contribution >= 4 is 10.0 Å². The summed E-state index contributed by atoms with van der Waals surface area (Å²) < 4.78 is 70.3. The van der Waals surface area contributed by atoms with Crippen LogP contribution in [0.15, 0.2) is 66.1 Å². The molecule has 8 heteroatoms. The Hall–Kier alpha value is -2.32. The van der Waals surface area contributed by atoms with Gasteiger partial charge in [0, 0.05) is 13.1 Å². The molecule has 0 unspecified atom stereocenters. The van der Waals surface area contributed by atoms with Crippen molar-refractivity contribution in [2.45, 2.75) is 17.6 Å². The van der Waals surface area contributed by atoms with Gasteiger partial charge in [0.05, 0.1) is 17.6 Å². The maximum atomic E-state index is 12.9. The van der Waals surface area contributed by atoms with Crippen LogP contribution in [0, 0.1) is 0 Å². The largest absolute Gasteiger partial charge is 0.497 e. The number of halogens is 3. The Balaban J connectivity index is 2.34. The van der Waals surface area contributed by atoms with Gasteiger partial charge in [-0.15, -0.1) is 6.58 Å². The van der Waals surface area contributed by atoms with Crippen LogP contribution in [0.2, 0.25) is 0 Å². The van der Waals surface area contributed by atoms with E-state index in [1.807, 2.05) is 0 Å². The second-order valence-corrected chi connectivity index (χ2v) is 7.40. The fourth-order valence-electron chi connectivity index (χ4n) is 2.34. The maximum Gasteiger partial charge on any atom is 0.416 e. The normalized spacial score (nSPS) is 12.2. The van der Waals surface area contributed by atoms with Gasteiger partial charge in [-0.3, -0.25) is 0 Å². The molecule has 0 aliphatic rings. The Morgan fingerprint density at radius 2 is 1.81 bits per heavy atom. The number of sulfonamides is 1. The fourth-order valence-corrected chi connectivity index (χ4v) is 3.74. The molecule has 0 fully saturated rings. The van der Waals surface area contributed by atoms with Crippen molar-refractivity contribution in [1.29, 1.82) is 0 Å². The minimum absolute atomic E-state index is 0.0205. The molecule has 0 aliphatic heterocycles. The van der Waals surface area contributed by atoms with Gasteiger partial charge in [-0.2, -0.15) is 17.5 Å². The number of alkyl halides is 3. The highest BCUT2D eigenvalue weighted by molar-refractivity contribution is 7.89. The summed E-state index contributed by atoms with van der Waals surface area (Å²) in [6.07, 6.45) is -3.11. The smallest absolute Gasteiger partial charge is 0.416 e. The molecule has 0 saturated carbocycles. The van der Waals surface area contributed by atoms with Crippen molar-refractivity contribution in [1.82, 2.24) is 4.31 Å². The van der Waals surface area contributed by atoms with E-state index in [-0.39, 0.29) is 23.5 Å². The first kappa shape index (κ1) is 20.0. The Morgan fingerprint density at radius 1 is 1.15 bits per heavy atom. The number of hydrogen-bond acceptors (Lipinski definition) is 3. The number of benzene rings is 2. The molecule has 140 valence electrons. The third-order valence-electron chi connectivity index (χ3n) is 3.64. The van der Waals surface area contributed by atoms with Gasteiger partial charge in [0.2, 0.25) is 10.0 Å². The quantitative estimate of drug-likeness (QED) is 0.675. The highest BCUT2D eigenvalue weighted by atomic mass is 32.2. The molecule has 0 heterocycles. The van der Waals surface area contributed by atoms with E-state index in [4.69, 9.17) is 4.74 Å². The molecule has 0 atom stereocenters. The second-order valence-electron chi connectivity index (χ2n) is 5.46. The van der Waals surface area contributed by atoms with Crippen LogP contribution in [0.3, 0.4) is 0 Å². The van der Waals surface area contributed by atoms with E-state index in [0.717, 1.165) is 16.4 Å². The average molecular weight is 385 g/mol.